The number of nitriles is 1. The van der Waals surface area contributed by atoms with Gasteiger partial charge in [0.1, 0.15) is 6.61 Å². The zero-order valence-electron chi connectivity index (χ0n) is 16.4. The number of rotatable bonds is 10. The second-order valence-electron chi connectivity index (χ2n) is 5.67. The van der Waals surface area contributed by atoms with Crippen molar-refractivity contribution >= 4 is 11.9 Å². The lowest BCUT2D eigenvalue weighted by molar-refractivity contribution is -0.146. The van der Waals surface area contributed by atoms with Gasteiger partial charge in [0.25, 0.3) is 0 Å². The minimum absolute atomic E-state index is 0.214. The van der Waals surface area contributed by atoms with Crippen LogP contribution in [0.15, 0.2) is 24.5 Å². The van der Waals surface area contributed by atoms with Gasteiger partial charge in [-0.3, -0.25) is 14.6 Å². The summed E-state index contributed by atoms with van der Waals surface area (Å²) in [7, 11) is 0. The Morgan fingerprint density at radius 1 is 1.15 bits per heavy atom. The predicted molar refractivity (Wildman–Crippen MR) is 101 cm³/mol. The van der Waals surface area contributed by atoms with Crippen molar-refractivity contribution in [2.45, 2.75) is 71.8 Å². The first-order valence-corrected chi connectivity index (χ1v) is 9.36. The third-order valence-corrected chi connectivity index (χ3v) is 3.66. The van der Waals surface area contributed by atoms with Crippen LogP contribution in [0.1, 0.15) is 71.8 Å². The standard InChI is InChI=1S/C18H25N3O3.C2H6/c1-3-5-7-16(22)21-18(13-19,15-9-11-20-12-10-15)14-24-17(23)8-6-4-2;1-2/h9-12H,3-8,14H2,1-2H3,(H,21,22);1-2H3. The van der Waals surface area contributed by atoms with Crippen LogP contribution >= 0.6 is 0 Å². The zero-order chi connectivity index (χ0) is 19.8. The van der Waals surface area contributed by atoms with Gasteiger partial charge in [0.15, 0.2) is 5.54 Å². The van der Waals surface area contributed by atoms with Gasteiger partial charge < -0.3 is 10.1 Å². The summed E-state index contributed by atoms with van der Waals surface area (Å²) in [4.78, 5) is 27.9. The smallest absolute Gasteiger partial charge is 0.305 e. The first-order chi connectivity index (χ1) is 12.6. The van der Waals surface area contributed by atoms with Crippen molar-refractivity contribution in [2.24, 2.45) is 0 Å². The fourth-order valence-corrected chi connectivity index (χ4v) is 2.17. The Morgan fingerprint density at radius 3 is 2.27 bits per heavy atom. The number of pyridine rings is 1. The first kappa shape index (κ1) is 23.6. The van der Waals surface area contributed by atoms with Gasteiger partial charge in [0, 0.05) is 25.2 Å². The number of carbonyl (C=O) groups excluding carboxylic acids is 2. The largest absolute Gasteiger partial charge is 0.462 e. The second kappa shape index (κ2) is 13.8. The molecular weight excluding hydrogens is 330 g/mol. The molecule has 0 aliphatic heterocycles. The van der Waals surface area contributed by atoms with Crippen molar-refractivity contribution in [1.82, 2.24) is 10.3 Å². The van der Waals surface area contributed by atoms with Crippen LogP contribution in [0.5, 0.6) is 0 Å². The summed E-state index contributed by atoms with van der Waals surface area (Å²) in [6.07, 6.45) is 6.95. The lowest BCUT2D eigenvalue weighted by Crippen LogP contribution is -2.48. The van der Waals surface area contributed by atoms with E-state index < -0.39 is 5.54 Å². The van der Waals surface area contributed by atoms with Crippen LogP contribution in [0.25, 0.3) is 0 Å². The Morgan fingerprint density at radius 2 is 1.73 bits per heavy atom. The highest BCUT2D eigenvalue weighted by molar-refractivity contribution is 5.78. The predicted octanol–water partition coefficient (Wildman–Crippen LogP) is 3.87. The van der Waals surface area contributed by atoms with Crippen molar-refractivity contribution in [3.8, 4) is 6.07 Å². The molecule has 0 bridgehead atoms. The lowest BCUT2D eigenvalue weighted by atomic mass is 9.92. The topological polar surface area (TPSA) is 92.1 Å². The molecule has 1 unspecified atom stereocenters. The zero-order valence-corrected chi connectivity index (χ0v) is 16.4. The molecule has 0 aromatic carbocycles. The molecule has 0 aliphatic carbocycles. The summed E-state index contributed by atoms with van der Waals surface area (Å²) in [5.74, 6) is -0.604. The molecule has 0 saturated carbocycles. The summed E-state index contributed by atoms with van der Waals surface area (Å²) < 4.78 is 5.26. The van der Waals surface area contributed by atoms with E-state index in [1.54, 1.807) is 24.5 Å². The average Bonchev–Trinajstić information content (AvgIpc) is 2.70. The molecular formula is C20H31N3O3. The van der Waals surface area contributed by atoms with Gasteiger partial charge in [-0.05, 0) is 30.5 Å². The molecule has 0 spiro atoms. The SMILES string of the molecule is CC.CCCCC(=O)NC(C#N)(COC(=O)CCCC)c1ccncc1. The molecule has 144 valence electrons. The van der Waals surface area contributed by atoms with Crippen LogP contribution in [-0.2, 0) is 19.9 Å². The van der Waals surface area contributed by atoms with Gasteiger partial charge in [-0.2, -0.15) is 5.26 Å². The van der Waals surface area contributed by atoms with Crippen LogP contribution in [0, 0.1) is 11.3 Å². The van der Waals surface area contributed by atoms with Gasteiger partial charge in [-0.15, -0.1) is 0 Å². The Hall–Kier alpha value is -2.42. The van der Waals surface area contributed by atoms with Crippen molar-refractivity contribution in [3.63, 3.8) is 0 Å². The van der Waals surface area contributed by atoms with E-state index in [4.69, 9.17) is 4.74 Å². The maximum Gasteiger partial charge on any atom is 0.305 e. The van der Waals surface area contributed by atoms with Crippen LogP contribution in [0.3, 0.4) is 0 Å². The molecule has 26 heavy (non-hydrogen) atoms. The average molecular weight is 361 g/mol. The Bertz CT molecular complexity index is 569. The van der Waals surface area contributed by atoms with E-state index in [-0.39, 0.29) is 18.5 Å². The second-order valence-corrected chi connectivity index (χ2v) is 5.67. The molecule has 0 fully saturated rings. The number of amides is 1. The number of nitrogens with zero attached hydrogens (tertiary/aromatic N) is 2. The Balaban J connectivity index is 0.00000301. The third kappa shape index (κ3) is 8.11. The lowest BCUT2D eigenvalue weighted by Gasteiger charge is -2.28. The minimum atomic E-state index is -1.39. The molecule has 1 atom stereocenters. The summed E-state index contributed by atoms with van der Waals surface area (Å²) in [5.41, 5.74) is -0.844. The van der Waals surface area contributed by atoms with Gasteiger partial charge >= 0.3 is 5.97 Å². The number of ether oxygens (including phenoxy) is 1. The first-order valence-electron chi connectivity index (χ1n) is 9.36. The normalized spacial score (nSPS) is 12.0. The number of hydrogen-bond acceptors (Lipinski definition) is 5. The number of unbranched alkanes of at least 4 members (excludes halogenated alkanes) is 2. The molecule has 6 nitrogen and oxygen atoms in total. The highest BCUT2D eigenvalue weighted by atomic mass is 16.5. The quantitative estimate of drug-likeness (QED) is 0.639. The van der Waals surface area contributed by atoms with Crippen molar-refractivity contribution in [2.75, 3.05) is 6.61 Å². The van der Waals surface area contributed by atoms with Gasteiger partial charge in [-0.1, -0.05) is 40.5 Å². The number of esters is 1. The summed E-state index contributed by atoms with van der Waals surface area (Å²) in [5, 5.41) is 12.5. The van der Waals surface area contributed by atoms with E-state index in [0.29, 0.717) is 18.4 Å². The van der Waals surface area contributed by atoms with Crippen LogP contribution in [0.2, 0.25) is 0 Å². The fourth-order valence-electron chi connectivity index (χ4n) is 2.17. The number of aromatic nitrogens is 1. The van der Waals surface area contributed by atoms with E-state index in [2.05, 4.69) is 16.4 Å². The van der Waals surface area contributed by atoms with Crippen LogP contribution in [0.4, 0.5) is 0 Å². The molecule has 1 aromatic rings. The van der Waals surface area contributed by atoms with E-state index in [9.17, 15) is 14.9 Å². The number of carbonyl (C=O) groups is 2. The summed E-state index contributed by atoms with van der Waals surface area (Å²) >= 11 is 0. The highest BCUT2D eigenvalue weighted by Crippen LogP contribution is 2.21. The maximum absolute atomic E-state index is 12.1. The van der Waals surface area contributed by atoms with Crippen molar-refractivity contribution < 1.29 is 14.3 Å². The molecule has 0 saturated heterocycles. The third-order valence-electron chi connectivity index (χ3n) is 3.66. The van der Waals surface area contributed by atoms with Crippen LogP contribution < -0.4 is 5.32 Å². The summed E-state index contributed by atoms with van der Waals surface area (Å²) in [6, 6.07) is 5.40. The van der Waals surface area contributed by atoms with Gasteiger partial charge in [0.2, 0.25) is 5.91 Å². The number of nitrogens with one attached hydrogen (secondary N) is 1. The highest BCUT2D eigenvalue weighted by Gasteiger charge is 2.36. The molecule has 1 heterocycles. The van der Waals surface area contributed by atoms with E-state index >= 15 is 0 Å². The van der Waals surface area contributed by atoms with Crippen LogP contribution in [-0.4, -0.2) is 23.5 Å². The number of hydrogen-bond donors (Lipinski definition) is 1. The van der Waals surface area contributed by atoms with E-state index in [1.807, 2.05) is 27.7 Å². The van der Waals surface area contributed by atoms with Crippen molar-refractivity contribution in [3.05, 3.63) is 30.1 Å². The molecule has 1 N–H and O–H groups in total. The molecule has 0 aliphatic rings. The minimum Gasteiger partial charge on any atom is -0.462 e. The maximum atomic E-state index is 12.1. The van der Waals surface area contributed by atoms with E-state index in [1.165, 1.54) is 0 Å². The molecule has 1 amide bonds. The molecule has 0 radical (unpaired) electrons. The van der Waals surface area contributed by atoms with Gasteiger partial charge in [0.05, 0.1) is 6.07 Å². The van der Waals surface area contributed by atoms with Crippen molar-refractivity contribution in [1.29, 1.82) is 5.26 Å². The van der Waals surface area contributed by atoms with Gasteiger partial charge in [-0.25, -0.2) is 0 Å². The Labute approximate surface area is 157 Å². The molecule has 1 aromatic heterocycles. The monoisotopic (exact) mass is 361 g/mol. The molecule has 6 heteroatoms. The van der Waals surface area contributed by atoms with E-state index in [0.717, 1.165) is 25.7 Å². The Kier molecular flexibility index (Phi) is 12.5. The summed E-state index contributed by atoms with van der Waals surface area (Å²) in [6.45, 7) is 7.76. The molecule has 1 rings (SSSR count). The fraction of sp³-hybridized carbons (Fsp3) is 0.600.